The molecule has 0 aliphatic carbocycles. The molecule has 6 heteroatoms. The fourth-order valence-electron chi connectivity index (χ4n) is 0.237. The number of aliphatic hydroxyl groups excluding tert-OH is 3. The van der Waals surface area contributed by atoms with Crippen molar-refractivity contribution in [3.63, 3.8) is 0 Å². The zero-order valence-corrected chi connectivity index (χ0v) is 8.51. The van der Waals surface area contributed by atoms with Gasteiger partial charge in [0.1, 0.15) is 0 Å². The minimum atomic E-state index is -0.720. The van der Waals surface area contributed by atoms with Crippen molar-refractivity contribution in [2.45, 2.75) is 6.92 Å². The molecule has 3 N–H and O–H groups in total. The summed E-state index contributed by atoms with van der Waals surface area (Å²) in [5.41, 5.74) is -0.708. The summed E-state index contributed by atoms with van der Waals surface area (Å²) in [5.74, 6) is -0.720. The number of rotatable bonds is 4. The molecule has 0 aliphatic heterocycles. The summed E-state index contributed by atoms with van der Waals surface area (Å²) >= 11 is 0. The first kappa shape index (κ1) is 16.0. The van der Waals surface area contributed by atoms with E-state index in [1.165, 1.54) is 6.26 Å². The van der Waals surface area contributed by atoms with Crippen LogP contribution in [-0.4, -0.2) is 41.1 Å². The highest BCUT2D eigenvalue weighted by Crippen LogP contribution is 2.10. The summed E-state index contributed by atoms with van der Waals surface area (Å²) in [7, 11) is 0. The Kier molecular flexibility index (Phi) is 9.77. The van der Waals surface area contributed by atoms with Gasteiger partial charge < -0.3 is 20.1 Å². The normalized spacial score (nSPS) is 9.27. The molecule has 0 aliphatic rings. The van der Waals surface area contributed by atoms with Gasteiger partial charge in [0.15, 0.2) is 0 Å². The van der Waals surface area contributed by atoms with Crippen LogP contribution < -0.4 is 0 Å². The van der Waals surface area contributed by atoms with Crippen LogP contribution in [0.1, 0.15) is 6.92 Å². The number of esters is 1. The first-order chi connectivity index (χ1) is 6.99. The van der Waals surface area contributed by atoms with E-state index in [9.17, 15) is 4.79 Å². The fraction of sp³-hybridized carbons (Fsp3) is 0.556. The van der Waals surface area contributed by atoms with Crippen molar-refractivity contribution in [1.82, 2.24) is 0 Å². The number of nitriles is 1. The average Bonchev–Trinajstić information content (AvgIpc) is 2.29. The predicted molar refractivity (Wildman–Crippen MR) is 51.3 cm³/mol. The highest BCUT2D eigenvalue weighted by Gasteiger charge is 2.20. The first-order valence-electron chi connectivity index (χ1n) is 4.04. The molecule has 0 fully saturated rings. The van der Waals surface area contributed by atoms with Gasteiger partial charge in [-0.2, -0.15) is 0 Å². The molecule has 0 bridgehead atoms. The van der Waals surface area contributed by atoms with Crippen LogP contribution in [0.15, 0.2) is 12.7 Å². The van der Waals surface area contributed by atoms with Crippen molar-refractivity contribution in [3.05, 3.63) is 12.7 Å². The SMILES string of the molecule is C=CC(=O)OC#N.CC(CO)(CO)CO. The lowest BCUT2D eigenvalue weighted by atomic mass is 9.95. The fourth-order valence-corrected chi connectivity index (χ4v) is 0.237. The van der Waals surface area contributed by atoms with Gasteiger partial charge in [0.2, 0.25) is 0 Å². The van der Waals surface area contributed by atoms with Gasteiger partial charge >= 0.3 is 5.97 Å². The van der Waals surface area contributed by atoms with Gasteiger partial charge in [0.05, 0.1) is 19.8 Å². The Morgan fingerprint density at radius 2 is 1.87 bits per heavy atom. The van der Waals surface area contributed by atoms with Crippen LogP contribution in [-0.2, 0) is 9.53 Å². The summed E-state index contributed by atoms with van der Waals surface area (Å²) in [6, 6.07) is 0. The second-order valence-corrected chi connectivity index (χ2v) is 3.00. The highest BCUT2D eigenvalue weighted by molar-refractivity contribution is 5.81. The lowest BCUT2D eigenvalue weighted by Crippen LogP contribution is -2.29. The summed E-state index contributed by atoms with van der Waals surface area (Å²) in [5, 5.41) is 33.0. The van der Waals surface area contributed by atoms with E-state index in [-0.39, 0.29) is 19.8 Å². The van der Waals surface area contributed by atoms with Crippen LogP contribution in [0.25, 0.3) is 0 Å². The summed E-state index contributed by atoms with van der Waals surface area (Å²) in [6.07, 6.45) is 2.12. The van der Waals surface area contributed by atoms with Crippen molar-refractivity contribution in [2.75, 3.05) is 19.8 Å². The zero-order chi connectivity index (χ0) is 12.3. The van der Waals surface area contributed by atoms with E-state index >= 15 is 0 Å². The molecule has 0 spiro atoms. The third kappa shape index (κ3) is 8.90. The van der Waals surface area contributed by atoms with E-state index in [1.54, 1.807) is 6.92 Å². The molecule has 86 valence electrons. The number of nitrogens with zero attached hydrogens (tertiary/aromatic N) is 1. The van der Waals surface area contributed by atoms with Gasteiger partial charge in [-0.25, -0.2) is 4.79 Å². The maximum Gasteiger partial charge on any atom is 0.345 e. The van der Waals surface area contributed by atoms with Gasteiger partial charge in [-0.3, -0.25) is 0 Å². The molecule has 0 atom stereocenters. The van der Waals surface area contributed by atoms with E-state index in [2.05, 4.69) is 11.3 Å². The molecule has 0 aromatic rings. The molecule has 0 amide bonds. The van der Waals surface area contributed by atoms with Crippen molar-refractivity contribution < 1.29 is 24.9 Å². The van der Waals surface area contributed by atoms with Gasteiger partial charge in [-0.15, -0.1) is 5.26 Å². The van der Waals surface area contributed by atoms with Gasteiger partial charge in [0.25, 0.3) is 6.26 Å². The predicted octanol–water partition coefficient (Wildman–Crippen LogP) is -0.834. The summed E-state index contributed by atoms with van der Waals surface area (Å²) < 4.78 is 3.74. The van der Waals surface area contributed by atoms with E-state index in [0.29, 0.717) is 0 Å². The van der Waals surface area contributed by atoms with Crippen LogP contribution >= 0.6 is 0 Å². The molecule has 0 radical (unpaired) electrons. The first-order valence-corrected chi connectivity index (χ1v) is 4.04. The molecule has 6 nitrogen and oxygen atoms in total. The minimum Gasteiger partial charge on any atom is -0.396 e. The Labute approximate surface area is 88.0 Å². The second kappa shape index (κ2) is 9.15. The van der Waals surface area contributed by atoms with Crippen molar-refractivity contribution in [1.29, 1.82) is 5.26 Å². The Hall–Kier alpha value is -1.42. The lowest BCUT2D eigenvalue weighted by molar-refractivity contribution is -0.131. The molecule has 0 heterocycles. The molecule has 0 rings (SSSR count). The third-order valence-electron chi connectivity index (χ3n) is 1.46. The van der Waals surface area contributed by atoms with Crippen molar-refractivity contribution >= 4 is 5.97 Å². The number of aliphatic hydroxyl groups is 3. The Bertz CT molecular complexity index is 221. The molecule has 0 unspecified atom stereocenters. The topological polar surface area (TPSA) is 111 Å². The van der Waals surface area contributed by atoms with Crippen LogP contribution in [0.3, 0.4) is 0 Å². The zero-order valence-electron chi connectivity index (χ0n) is 8.51. The minimum absolute atomic E-state index is 0.181. The standard InChI is InChI=1S/C5H12O3.C4H3NO2/c1-5(2-6,3-7)4-8;1-2-4(6)7-3-5/h6-8H,2-4H2,1H3;2H,1H2. The third-order valence-corrected chi connectivity index (χ3v) is 1.46. The van der Waals surface area contributed by atoms with E-state index < -0.39 is 11.4 Å². The maximum absolute atomic E-state index is 9.85. The average molecular weight is 217 g/mol. The Morgan fingerprint density at radius 1 is 1.47 bits per heavy atom. The van der Waals surface area contributed by atoms with Crippen molar-refractivity contribution in [3.8, 4) is 6.26 Å². The quantitative estimate of drug-likeness (QED) is 0.322. The van der Waals surface area contributed by atoms with Crippen LogP contribution in [0.2, 0.25) is 0 Å². The molecule has 0 aromatic heterocycles. The number of carbonyl (C=O) groups excluding carboxylic acids is 1. The molecule has 15 heavy (non-hydrogen) atoms. The number of ether oxygens (including phenoxy) is 1. The summed E-state index contributed by atoms with van der Waals surface area (Å²) in [4.78, 5) is 9.85. The smallest absolute Gasteiger partial charge is 0.345 e. The summed E-state index contributed by atoms with van der Waals surface area (Å²) in [6.45, 7) is 4.12. The largest absolute Gasteiger partial charge is 0.396 e. The van der Waals surface area contributed by atoms with Crippen LogP contribution in [0.5, 0.6) is 0 Å². The molecule has 0 saturated carbocycles. The van der Waals surface area contributed by atoms with Crippen LogP contribution in [0, 0.1) is 16.9 Å². The number of carbonyl (C=O) groups is 1. The highest BCUT2D eigenvalue weighted by atomic mass is 16.5. The number of hydrogen-bond donors (Lipinski definition) is 3. The van der Waals surface area contributed by atoms with Gasteiger partial charge in [-0.05, 0) is 0 Å². The lowest BCUT2D eigenvalue weighted by Gasteiger charge is -2.20. The van der Waals surface area contributed by atoms with E-state index in [1.807, 2.05) is 0 Å². The van der Waals surface area contributed by atoms with Crippen molar-refractivity contribution in [2.24, 2.45) is 5.41 Å². The van der Waals surface area contributed by atoms with Gasteiger partial charge in [0, 0.05) is 11.5 Å². The monoisotopic (exact) mass is 217 g/mol. The Balaban J connectivity index is 0. The van der Waals surface area contributed by atoms with Crippen LogP contribution in [0.4, 0.5) is 0 Å². The molecular weight excluding hydrogens is 202 g/mol. The molecule has 0 saturated heterocycles. The van der Waals surface area contributed by atoms with E-state index in [4.69, 9.17) is 20.6 Å². The van der Waals surface area contributed by atoms with Gasteiger partial charge in [-0.1, -0.05) is 13.5 Å². The molecule has 0 aromatic carbocycles. The maximum atomic E-state index is 9.85. The second-order valence-electron chi connectivity index (χ2n) is 3.00. The Morgan fingerprint density at radius 3 is 1.93 bits per heavy atom. The number of hydrogen-bond acceptors (Lipinski definition) is 6. The molecular formula is C9H15NO5. The van der Waals surface area contributed by atoms with E-state index in [0.717, 1.165) is 6.08 Å².